The number of aromatic amines is 1. The monoisotopic (exact) mass is 533 g/mol. The number of hydrogen-bond acceptors (Lipinski definition) is 5. The summed E-state index contributed by atoms with van der Waals surface area (Å²) >= 11 is 3.37. The van der Waals surface area contributed by atoms with Crippen molar-refractivity contribution >= 4 is 32.5 Å². The number of morpholine rings is 1. The summed E-state index contributed by atoms with van der Waals surface area (Å²) in [5, 5.41) is 0.986. The van der Waals surface area contributed by atoms with Gasteiger partial charge < -0.3 is 24.1 Å². The number of hydrogen-bond donors (Lipinski definition) is 1. The average Bonchev–Trinajstić information content (AvgIpc) is 3.15. The Bertz CT molecular complexity index is 1160. The van der Waals surface area contributed by atoms with E-state index < -0.39 is 0 Å². The second kappa shape index (κ2) is 10.3. The maximum Gasteiger partial charge on any atom is 0.139 e. The van der Waals surface area contributed by atoms with Crippen LogP contribution in [-0.4, -0.2) is 57.1 Å². The van der Waals surface area contributed by atoms with Crippen LogP contribution in [0.4, 0.5) is 10.1 Å². The topological polar surface area (TPSA) is 59.6 Å². The van der Waals surface area contributed by atoms with Crippen molar-refractivity contribution in [3.8, 4) is 11.3 Å². The number of ether oxygens (including phenoxy) is 3. The fourth-order valence-corrected chi connectivity index (χ4v) is 5.02. The number of H-pyrrole nitrogens is 1. The molecule has 1 N–H and O–H groups in total. The first-order valence-corrected chi connectivity index (χ1v) is 12.4. The van der Waals surface area contributed by atoms with Crippen LogP contribution in [0.15, 0.2) is 28.9 Å². The molecule has 3 heterocycles. The van der Waals surface area contributed by atoms with Crippen LogP contribution in [0, 0.1) is 11.2 Å². The Kier molecular flexibility index (Phi) is 7.62. The molecule has 1 aliphatic rings. The van der Waals surface area contributed by atoms with Gasteiger partial charge in [-0.1, -0.05) is 13.8 Å². The van der Waals surface area contributed by atoms with Crippen LogP contribution < -0.4 is 4.90 Å². The first-order valence-electron chi connectivity index (χ1n) is 11.6. The zero-order valence-electron chi connectivity index (χ0n) is 20.5. The van der Waals surface area contributed by atoms with Crippen LogP contribution in [0.1, 0.15) is 38.1 Å². The standard InChI is InChI=1S/C26H33BrFN3O3/c1-16(33-5)24-19(10-17(14-29-24)31-6-8-34-9-7-31)25-20(13-26(2,3)15-32-4)18-11-21(27)22(28)12-23(18)30-25/h10-12,14,16,30H,6-9,13,15H2,1-5H3/t16-/m0/s1. The van der Waals surface area contributed by atoms with Gasteiger partial charge in [-0.05, 0) is 58.5 Å². The van der Waals surface area contributed by atoms with Gasteiger partial charge in [-0.25, -0.2) is 4.39 Å². The minimum Gasteiger partial charge on any atom is -0.384 e. The third kappa shape index (κ3) is 5.15. The predicted octanol–water partition coefficient (Wildman–Crippen LogP) is 5.89. The zero-order chi connectivity index (χ0) is 24.5. The molecule has 8 heteroatoms. The second-order valence-electron chi connectivity index (χ2n) is 9.67. The summed E-state index contributed by atoms with van der Waals surface area (Å²) in [7, 11) is 3.41. The molecule has 4 rings (SSSR count). The number of aromatic nitrogens is 2. The van der Waals surface area contributed by atoms with Gasteiger partial charge in [-0.3, -0.25) is 4.98 Å². The Morgan fingerprint density at radius 3 is 2.65 bits per heavy atom. The summed E-state index contributed by atoms with van der Waals surface area (Å²) in [4.78, 5) is 10.7. The Labute approximate surface area is 208 Å². The lowest BCUT2D eigenvalue weighted by atomic mass is 9.84. The number of nitrogens with one attached hydrogen (secondary N) is 1. The maximum absolute atomic E-state index is 14.5. The van der Waals surface area contributed by atoms with Gasteiger partial charge >= 0.3 is 0 Å². The van der Waals surface area contributed by atoms with Crippen LogP contribution in [0.25, 0.3) is 22.2 Å². The molecule has 184 valence electrons. The summed E-state index contributed by atoms with van der Waals surface area (Å²) in [5.41, 5.74) is 5.54. The van der Waals surface area contributed by atoms with E-state index in [1.54, 1.807) is 20.3 Å². The highest BCUT2D eigenvalue weighted by atomic mass is 79.9. The lowest BCUT2D eigenvalue weighted by molar-refractivity contribution is 0.105. The lowest BCUT2D eigenvalue weighted by Crippen LogP contribution is -2.36. The highest BCUT2D eigenvalue weighted by Gasteiger charge is 2.27. The third-order valence-electron chi connectivity index (χ3n) is 6.43. The van der Waals surface area contributed by atoms with E-state index >= 15 is 0 Å². The van der Waals surface area contributed by atoms with Gasteiger partial charge in [-0.15, -0.1) is 0 Å². The SMILES string of the molecule is COCC(C)(C)Cc1c(-c2cc(N3CCOCC3)cnc2[C@H](C)OC)[nH]c2cc(F)c(Br)cc12. The van der Waals surface area contributed by atoms with Crippen LogP contribution in [0.3, 0.4) is 0 Å². The van der Waals surface area contributed by atoms with E-state index in [0.717, 1.165) is 58.6 Å². The van der Waals surface area contributed by atoms with Gasteiger partial charge in [0.25, 0.3) is 0 Å². The van der Waals surface area contributed by atoms with Crippen molar-refractivity contribution in [2.45, 2.75) is 33.3 Å². The average molecular weight is 534 g/mol. The van der Waals surface area contributed by atoms with Crippen molar-refractivity contribution < 1.29 is 18.6 Å². The number of pyridine rings is 1. The molecule has 0 amide bonds. The van der Waals surface area contributed by atoms with E-state index in [1.165, 1.54) is 0 Å². The first-order chi connectivity index (χ1) is 16.2. The summed E-state index contributed by atoms with van der Waals surface area (Å²) in [6, 6.07) is 5.59. The molecule has 0 bridgehead atoms. The molecule has 2 aromatic heterocycles. The zero-order valence-corrected chi connectivity index (χ0v) is 22.1. The number of fused-ring (bicyclic) bond motifs is 1. The van der Waals surface area contributed by atoms with E-state index in [-0.39, 0.29) is 17.3 Å². The van der Waals surface area contributed by atoms with Gasteiger partial charge in [0.15, 0.2) is 0 Å². The molecule has 1 aliphatic heterocycles. The van der Waals surface area contributed by atoms with Crippen molar-refractivity contribution in [3.05, 3.63) is 45.9 Å². The molecule has 1 fully saturated rings. The highest BCUT2D eigenvalue weighted by molar-refractivity contribution is 9.10. The summed E-state index contributed by atoms with van der Waals surface area (Å²) < 4.78 is 31.6. The number of benzene rings is 1. The van der Waals surface area contributed by atoms with Gasteiger partial charge in [0.05, 0.1) is 53.7 Å². The molecule has 0 radical (unpaired) electrons. The normalized spacial score (nSPS) is 15.8. The van der Waals surface area contributed by atoms with E-state index in [0.29, 0.717) is 24.3 Å². The Morgan fingerprint density at radius 2 is 1.97 bits per heavy atom. The largest absolute Gasteiger partial charge is 0.384 e. The third-order valence-corrected chi connectivity index (χ3v) is 7.03. The van der Waals surface area contributed by atoms with Crippen molar-refractivity contribution in [2.75, 3.05) is 52.0 Å². The van der Waals surface area contributed by atoms with Crippen LogP contribution in [0.5, 0.6) is 0 Å². The van der Waals surface area contributed by atoms with Crippen molar-refractivity contribution in [1.29, 1.82) is 0 Å². The number of methoxy groups -OCH3 is 2. The van der Waals surface area contributed by atoms with Crippen molar-refractivity contribution in [2.24, 2.45) is 5.41 Å². The molecule has 0 unspecified atom stereocenters. The van der Waals surface area contributed by atoms with Gasteiger partial charge in [0, 0.05) is 43.8 Å². The summed E-state index contributed by atoms with van der Waals surface area (Å²) in [6.45, 7) is 9.99. The van der Waals surface area contributed by atoms with Crippen LogP contribution in [-0.2, 0) is 20.6 Å². The number of rotatable bonds is 8. The number of halogens is 2. The summed E-state index contributed by atoms with van der Waals surface area (Å²) in [6.07, 6.45) is 2.45. The Hall–Kier alpha value is -2.00. The van der Waals surface area contributed by atoms with Crippen LogP contribution >= 0.6 is 15.9 Å². The molecule has 3 aromatic rings. The van der Waals surface area contributed by atoms with Crippen molar-refractivity contribution in [1.82, 2.24) is 9.97 Å². The quantitative estimate of drug-likeness (QED) is 0.391. The van der Waals surface area contributed by atoms with E-state index in [2.05, 4.69) is 45.7 Å². The number of nitrogens with zero attached hydrogens (tertiary/aromatic N) is 2. The molecule has 0 aliphatic carbocycles. The van der Waals surface area contributed by atoms with Gasteiger partial charge in [-0.2, -0.15) is 0 Å². The first kappa shape index (κ1) is 25.1. The lowest BCUT2D eigenvalue weighted by Gasteiger charge is -2.29. The van der Waals surface area contributed by atoms with Gasteiger partial charge in [0.1, 0.15) is 5.82 Å². The Morgan fingerprint density at radius 1 is 1.24 bits per heavy atom. The summed E-state index contributed by atoms with van der Waals surface area (Å²) in [5.74, 6) is -0.298. The maximum atomic E-state index is 14.5. The molecule has 34 heavy (non-hydrogen) atoms. The van der Waals surface area contributed by atoms with Gasteiger partial charge in [0.2, 0.25) is 0 Å². The predicted molar refractivity (Wildman–Crippen MR) is 137 cm³/mol. The molecular formula is C26H33BrFN3O3. The Balaban J connectivity index is 1.94. The molecule has 1 atom stereocenters. The van der Waals surface area contributed by atoms with E-state index in [9.17, 15) is 4.39 Å². The molecule has 1 aromatic carbocycles. The fourth-order valence-electron chi connectivity index (χ4n) is 4.67. The minimum atomic E-state index is -0.298. The fraction of sp³-hybridized carbons (Fsp3) is 0.500. The molecule has 6 nitrogen and oxygen atoms in total. The second-order valence-corrected chi connectivity index (χ2v) is 10.5. The minimum absolute atomic E-state index is 0.123. The molecule has 0 spiro atoms. The number of anilines is 1. The van der Waals surface area contributed by atoms with E-state index in [1.807, 2.05) is 19.2 Å². The smallest absolute Gasteiger partial charge is 0.139 e. The molecular weight excluding hydrogens is 501 g/mol. The van der Waals surface area contributed by atoms with Crippen molar-refractivity contribution in [3.63, 3.8) is 0 Å². The van der Waals surface area contributed by atoms with Crippen LogP contribution in [0.2, 0.25) is 0 Å². The molecule has 1 saturated heterocycles. The van der Waals surface area contributed by atoms with E-state index in [4.69, 9.17) is 19.2 Å². The highest BCUT2D eigenvalue weighted by Crippen LogP contribution is 2.40. The molecule has 0 saturated carbocycles.